The second kappa shape index (κ2) is 8.87. The van der Waals surface area contributed by atoms with Crippen LogP contribution in [0.3, 0.4) is 0 Å². The molecular formula is C22H22ClN3O2. The molecule has 144 valence electrons. The van der Waals surface area contributed by atoms with Gasteiger partial charge in [0.1, 0.15) is 0 Å². The van der Waals surface area contributed by atoms with Crippen molar-refractivity contribution in [2.45, 2.75) is 6.04 Å². The van der Waals surface area contributed by atoms with Crippen LogP contribution in [-0.4, -0.2) is 37.4 Å². The van der Waals surface area contributed by atoms with Crippen LogP contribution in [0.4, 0.5) is 5.69 Å². The lowest BCUT2D eigenvalue weighted by atomic mass is 9.98. The lowest BCUT2D eigenvalue weighted by molar-refractivity contribution is -0.136. The molecule has 0 saturated heterocycles. The Balaban J connectivity index is 1.72. The van der Waals surface area contributed by atoms with Crippen molar-refractivity contribution in [3.8, 4) is 0 Å². The Hall–Kier alpha value is -2.89. The molecule has 3 aromatic rings. The van der Waals surface area contributed by atoms with E-state index in [4.69, 9.17) is 11.6 Å². The van der Waals surface area contributed by atoms with Gasteiger partial charge in [0.2, 0.25) is 0 Å². The highest BCUT2D eigenvalue weighted by Gasteiger charge is 2.20. The molecule has 0 aliphatic rings. The van der Waals surface area contributed by atoms with Crippen molar-refractivity contribution in [2.24, 2.45) is 0 Å². The summed E-state index contributed by atoms with van der Waals surface area (Å²) in [5.74, 6) is -1.45. The summed E-state index contributed by atoms with van der Waals surface area (Å²) in [5, 5.41) is 7.90. The summed E-state index contributed by atoms with van der Waals surface area (Å²) in [6, 6.07) is 20.9. The number of halogens is 1. The van der Waals surface area contributed by atoms with E-state index in [-0.39, 0.29) is 6.04 Å². The molecule has 3 rings (SSSR count). The van der Waals surface area contributed by atoms with E-state index in [1.165, 1.54) is 0 Å². The number of benzene rings is 3. The number of para-hydroxylation sites is 1. The summed E-state index contributed by atoms with van der Waals surface area (Å²) in [6.07, 6.45) is 0. The molecular weight excluding hydrogens is 374 g/mol. The van der Waals surface area contributed by atoms with Crippen LogP contribution in [0, 0.1) is 0 Å². The van der Waals surface area contributed by atoms with Gasteiger partial charge in [-0.1, -0.05) is 66.2 Å². The van der Waals surface area contributed by atoms with Gasteiger partial charge in [-0.15, -0.1) is 0 Å². The standard InChI is InChI=1S/C22H22ClN3O2/c1-26(2)20(17-11-7-9-15-8-3-4-10-16(15)17)14-24-21(27)22(28)25-19-13-6-5-12-18(19)23/h3-13,20H,14H2,1-2H3,(H,24,27)(H,25,28). The van der Waals surface area contributed by atoms with E-state index in [2.05, 4.69) is 28.8 Å². The van der Waals surface area contributed by atoms with Gasteiger partial charge in [-0.25, -0.2) is 0 Å². The third-order valence-electron chi connectivity index (χ3n) is 4.59. The van der Waals surface area contributed by atoms with Crippen molar-refractivity contribution in [1.82, 2.24) is 10.2 Å². The average molecular weight is 396 g/mol. The molecule has 6 heteroatoms. The van der Waals surface area contributed by atoms with Crippen LogP contribution in [-0.2, 0) is 9.59 Å². The van der Waals surface area contributed by atoms with Crippen molar-refractivity contribution in [3.63, 3.8) is 0 Å². The van der Waals surface area contributed by atoms with Gasteiger partial charge in [0.05, 0.1) is 16.8 Å². The van der Waals surface area contributed by atoms with Gasteiger partial charge < -0.3 is 15.5 Å². The van der Waals surface area contributed by atoms with Gasteiger partial charge in [0.15, 0.2) is 0 Å². The lowest BCUT2D eigenvalue weighted by Crippen LogP contribution is -2.40. The Morgan fingerprint density at radius 2 is 1.61 bits per heavy atom. The SMILES string of the molecule is CN(C)C(CNC(=O)C(=O)Nc1ccccc1Cl)c1cccc2ccccc12. The lowest BCUT2D eigenvalue weighted by Gasteiger charge is -2.26. The summed E-state index contributed by atoms with van der Waals surface area (Å²) in [4.78, 5) is 26.5. The fourth-order valence-electron chi connectivity index (χ4n) is 3.12. The van der Waals surface area contributed by atoms with Gasteiger partial charge in [-0.3, -0.25) is 9.59 Å². The summed E-state index contributed by atoms with van der Waals surface area (Å²) < 4.78 is 0. The zero-order valence-electron chi connectivity index (χ0n) is 15.8. The first-order valence-electron chi connectivity index (χ1n) is 8.95. The fraction of sp³-hybridized carbons (Fsp3) is 0.182. The monoisotopic (exact) mass is 395 g/mol. The van der Waals surface area contributed by atoms with Crippen LogP contribution < -0.4 is 10.6 Å². The molecule has 1 atom stereocenters. The first-order chi connectivity index (χ1) is 13.5. The molecule has 2 amide bonds. The molecule has 0 spiro atoms. The number of carbonyl (C=O) groups excluding carboxylic acids is 2. The molecule has 0 radical (unpaired) electrons. The van der Waals surface area contributed by atoms with Crippen LogP contribution in [0.25, 0.3) is 10.8 Å². The van der Waals surface area contributed by atoms with Gasteiger partial charge in [0.25, 0.3) is 0 Å². The molecule has 0 bridgehead atoms. The Labute approximate surface area is 169 Å². The van der Waals surface area contributed by atoms with E-state index >= 15 is 0 Å². The van der Waals surface area contributed by atoms with Crippen LogP contribution in [0.2, 0.25) is 5.02 Å². The maximum Gasteiger partial charge on any atom is 0.313 e. The minimum atomic E-state index is -0.747. The van der Waals surface area contributed by atoms with E-state index in [0.29, 0.717) is 17.3 Å². The number of rotatable bonds is 5. The van der Waals surface area contributed by atoms with Crippen molar-refractivity contribution >= 4 is 39.9 Å². The van der Waals surface area contributed by atoms with Crippen molar-refractivity contribution in [3.05, 3.63) is 77.3 Å². The van der Waals surface area contributed by atoms with Crippen LogP contribution >= 0.6 is 11.6 Å². The van der Waals surface area contributed by atoms with Crippen LogP contribution in [0.15, 0.2) is 66.7 Å². The van der Waals surface area contributed by atoms with Crippen LogP contribution in [0.1, 0.15) is 11.6 Å². The molecule has 0 aliphatic heterocycles. The average Bonchev–Trinajstić information content (AvgIpc) is 2.69. The highest BCUT2D eigenvalue weighted by molar-refractivity contribution is 6.41. The number of nitrogens with one attached hydrogen (secondary N) is 2. The molecule has 1 unspecified atom stereocenters. The van der Waals surface area contributed by atoms with E-state index in [1.807, 2.05) is 43.3 Å². The van der Waals surface area contributed by atoms with Gasteiger partial charge >= 0.3 is 11.8 Å². The largest absolute Gasteiger partial charge is 0.346 e. The number of fused-ring (bicyclic) bond motifs is 1. The van der Waals surface area contributed by atoms with Crippen molar-refractivity contribution < 1.29 is 9.59 Å². The number of carbonyl (C=O) groups is 2. The third kappa shape index (κ3) is 4.50. The Kier molecular flexibility index (Phi) is 6.29. The second-order valence-corrected chi connectivity index (χ2v) is 7.10. The number of nitrogens with zero attached hydrogens (tertiary/aromatic N) is 1. The molecule has 0 saturated carbocycles. The Morgan fingerprint density at radius 3 is 2.36 bits per heavy atom. The van der Waals surface area contributed by atoms with Gasteiger partial charge in [-0.05, 0) is 42.6 Å². The first kappa shape index (κ1) is 19.9. The zero-order valence-corrected chi connectivity index (χ0v) is 16.5. The molecule has 0 aliphatic carbocycles. The first-order valence-corrected chi connectivity index (χ1v) is 9.33. The summed E-state index contributed by atoms with van der Waals surface area (Å²) in [6.45, 7) is 0.301. The second-order valence-electron chi connectivity index (χ2n) is 6.69. The normalized spacial score (nSPS) is 12.0. The minimum absolute atomic E-state index is 0.0804. The maximum absolute atomic E-state index is 12.3. The van der Waals surface area contributed by atoms with Crippen LogP contribution in [0.5, 0.6) is 0 Å². The molecule has 0 heterocycles. The molecule has 28 heavy (non-hydrogen) atoms. The zero-order chi connectivity index (χ0) is 20.1. The topological polar surface area (TPSA) is 61.4 Å². The Bertz CT molecular complexity index is 998. The van der Waals surface area contributed by atoms with E-state index < -0.39 is 11.8 Å². The quantitative estimate of drug-likeness (QED) is 0.645. The Morgan fingerprint density at radius 1 is 0.929 bits per heavy atom. The molecule has 3 aromatic carbocycles. The fourth-order valence-corrected chi connectivity index (χ4v) is 3.31. The number of hydrogen-bond donors (Lipinski definition) is 2. The van der Waals surface area contributed by atoms with E-state index in [9.17, 15) is 9.59 Å². The van der Waals surface area contributed by atoms with E-state index in [0.717, 1.165) is 16.3 Å². The third-order valence-corrected chi connectivity index (χ3v) is 4.92. The van der Waals surface area contributed by atoms with Crippen molar-refractivity contribution in [2.75, 3.05) is 26.0 Å². The van der Waals surface area contributed by atoms with E-state index in [1.54, 1.807) is 24.3 Å². The van der Waals surface area contributed by atoms with Gasteiger partial charge in [0, 0.05) is 6.54 Å². The molecule has 5 nitrogen and oxygen atoms in total. The predicted molar refractivity (Wildman–Crippen MR) is 113 cm³/mol. The smallest absolute Gasteiger partial charge is 0.313 e. The molecule has 2 N–H and O–H groups in total. The maximum atomic E-state index is 12.3. The number of amides is 2. The van der Waals surface area contributed by atoms with Crippen molar-refractivity contribution in [1.29, 1.82) is 0 Å². The predicted octanol–water partition coefficient (Wildman–Crippen LogP) is 3.85. The number of hydrogen-bond acceptors (Lipinski definition) is 3. The molecule has 0 aromatic heterocycles. The minimum Gasteiger partial charge on any atom is -0.346 e. The summed E-state index contributed by atoms with van der Waals surface area (Å²) in [5.41, 5.74) is 1.50. The highest BCUT2D eigenvalue weighted by atomic mass is 35.5. The van der Waals surface area contributed by atoms with Gasteiger partial charge in [-0.2, -0.15) is 0 Å². The summed E-state index contributed by atoms with van der Waals surface area (Å²) in [7, 11) is 3.89. The number of anilines is 1. The number of likely N-dealkylation sites (N-methyl/N-ethyl adjacent to an activating group) is 1. The molecule has 0 fully saturated rings. The highest BCUT2D eigenvalue weighted by Crippen LogP contribution is 2.26. The summed E-state index contributed by atoms with van der Waals surface area (Å²) >= 11 is 6.02.